The van der Waals surface area contributed by atoms with Gasteiger partial charge in [-0.3, -0.25) is 9.59 Å². The summed E-state index contributed by atoms with van der Waals surface area (Å²) in [6.07, 6.45) is 3.36. The van der Waals surface area contributed by atoms with E-state index in [2.05, 4.69) is 6.08 Å². The zero-order chi connectivity index (χ0) is 13.7. The van der Waals surface area contributed by atoms with E-state index >= 15 is 0 Å². The topological polar surface area (TPSA) is 52.6 Å². The van der Waals surface area contributed by atoms with Gasteiger partial charge in [0.2, 0.25) is 0 Å². The molecule has 3 aliphatic rings. The lowest BCUT2D eigenvalue weighted by Gasteiger charge is -2.28. The third-order valence-corrected chi connectivity index (χ3v) is 4.56. The minimum absolute atomic E-state index is 0.0244. The van der Waals surface area contributed by atoms with Gasteiger partial charge in [0.25, 0.3) is 0 Å². The van der Waals surface area contributed by atoms with Gasteiger partial charge in [-0.15, -0.1) is 0 Å². The Balaban J connectivity index is 1.76. The van der Waals surface area contributed by atoms with Crippen LogP contribution in [0.1, 0.15) is 12.0 Å². The molecule has 4 heteroatoms. The van der Waals surface area contributed by atoms with Gasteiger partial charge >= 0.3 is 11.9 Å². The highest BCUT2D eigenvalue weighted by molar-refractivity contribution is 5.97. The summed E-state index contributed by atoms with van der Waals surface area (Å²) in [5.41, 5.74) is 2.21. The minimum atomic E-state index is -0.367. The van der Waals surface area contributed by atoms with Gasteiger partial charge < -0.3 is 9.47 Å². The van der Waals surface area contributed by atoms with Crippen LogP contribution in [0.3, 0.4) is 0 Å². The van der Waals surface area contributed by atoms with E-state index in [-0.39, 0.29) is 29.7 Å². The van der Waals surface area contributed by atoms with Crippen molar-refractivity contribution in [2.75, 3.05) is 6.61 Å². The summed E-state index contributed by atoms with van der Waals surface area (Å²) >= 11 is 0. The summed E-state index contributed by atoms with van der Waals surface area (Å²) in [5.74, 6) is -0.476. The first-order valence-electron chi connectivity index (χ1n) is 6.89. The van der Waals surface area contributed by atoms with Crippen molar-refractivity contribution in [3.63, 3.8) is 0 Å². The Labute approximate surface area is 116 Å². The molecule has 1 fully saturated rings. The van der Waals surface area contributed by atoms with E-state index in [1.165, 1.54) is 0 Å². The standard InChI is InChI=1S/C16H14O4/c17-15-11-6-5-10-8-19-13-4-2-1-3-9(13)7-12(10)14(11)16(18)20-15/h1-5,11-12,14H,6-8H2/t11-,12+,14-/m0/s1. The zero-order valence-electron chi connectivity index (χ0n) is 10.9. The Bertz CT molecular complexity index is 631. The van der Waals surface area contributed by atoms with E-state index in [1.54, 1.807) is 0 Å². The first-order valence-corrected chi connectivity index (χ1v) is 6.89. The van der Waals surface area contributed by atoms with Gasteiger partial charge in [0, 0.05) is 5.92 Å². The normalized spacial score (nSPS) is 31.2. The molecule has 4 nitrogen and oxygen atoms in total. The van der Waals surface area contributed by atoms with Crippen LogP contribution in [0.2, 0.25) is 0 Å². The summed E-state index contributed by atoms with van der Waals surface area (Å²) in [6.45, 7) is 0.492. The van der Waals surface area contributed by atoms with Crippen LogP contribution < -0.4 is 4.74 Å². The number of fused-ring (bicyclic) bond motifs is 4. The number of hydrogen-bond acceptors (Lipinski definition) is 4. The van der Waals surface area contributed by atoms with E-state index in [1.807, 2.05) is 24.3 Å². The summed E-state index contributed by atoms with van der Waals surface area (Å²) in [7, 11) is 0. The molecule has 0 unspecified atom stereocenters. The van der Waals surface area contributed by atoms with Crippen molar-refractivity contribution in [2.45, 2.75) is 12.8 Å². The van der Waals surface area contributed by atoms with E-state index in [0.29, 0.717) is 13.0 Å². The highest BCUT2D eigenvalue weighted by Gasteiger charge is 2.51. The van der Waals surface area contributed by atoms with Gasteiger partial charge in [0.15, 0.2) is 0 Å². The molecule has 4 rings (SSSR count). The summed E-state index contributed by atoms with van der Waals surface area (Å²) in [5, 5.41) is 0. The molecule has 0 spiro atoms. The molecule has 1 aromatic rings. The number of esters is 2. The second kappa shape index (κ2) is 4.20. The van der Waals surface area contributed by atoms with E-state index in [4.69, 9.17) is 9.47 Å². The average molecular weight is 270 g/mol. The maximum atomic E-state index is 12.0. The maximum absolute atomic E-state index is 12.0. The number of allylic oxidation sites excluding steroid dienone is 1. The van der Waals surface area contributed by atoms with E-state index < -0.39 is 0 Å². The zero-order valence-corrected chi connectivity index (χ0v) is 10.9. The number of ether oxygens (including phenoxy) is 2. The van der Waals surface area contributed by atoms with Gasteiger partial charge in [-0.2, -0.15) is 0 Å². The molecule has 0 radical (unpaired) electrons. The van der Waals surface area contributed by atoms with Crippen LogP contribution in [0, 0.1) is 17.8 Å². The highest BCUT2D eigenvalue weighted by Crippen LogP contribution is 2.44. The van der Waals surface area contributed by atoms with Crippen molar-refractivity contribution in [1.29, 1.82) is 0 Å². The number of cyclic esters (lactones) is 2. The Morgan fingerprint density at radius 1 is 1.05 bits per heavy atom. The minimum Gasteiger partial charge on any atom is -0.489 e. The second-order valence-electron chi connectivity index (χ2n) is 5.59. The molecule has 2 aliphatic heterocycles. The number of para-hydroxylation sites is 1. The quantitative estimate of drug-likeness (QED) is 0.410. The maximum Gasteiger partial charge on any atom is 0.318 e. The third-order valence-electron chi connectivity index (χ3n) is 4.56. The van der Waals surface area contributed by atoms with Crippen LogP contribution in [0.5, 0.6) is 5.75 Å². The number of carbonyl (C=O) groups is 2. The smallest absolute Gasteiger partial charge is 0.318 e. The molecule has 1 aromatic carbocycles. The first-order chi connectivity index (χ1) is 9.74. The molecule has 20 heavy (non-hydrogen) atoms. The largest absolute Gasteiger partial charge is 0.489 e. The van der Waals surface area contributed by atoms with Crippen molar-refractivity contribution in [3.8, 4) is 5.75 Å². The number of carbonyl (C=O) groups excluding carboxylic acids is 2. The summed E-state index contributed by atoms with van der Waals surface area (Å²) in [4.78, 5) is 23.7. The van der Waals surface area contributed by atoms with Crippen molar-refractivity contribution >= 4 is 11.9 Å². The molecular weight excluding hydrogens is 256 g/mol. The lowest BCUT2D eigenvalue weighted by atomic mass is 9.71. The van der Waals surface area contributed by atoms with Gasteiger partial charge in [-0.25, -0.2) is 0 Å². The molecule has 1 saturated heterocycles. The van der Waals surface area contributed by atoms with Crippen molar-refractivity contribution < 1.29 is 19.1 Å². The highest BCUT2D eigenvalue weighted by atomic mass is 16.6. The summed E-state index contributed by atoms with van der Waals surface area (Å²) < 4.78 is 10.7. The lowest BCUT2D eigenvalue weighted by Crippen LogP contribution is -2.33. The fraction of sp³-hybridized carbons (Fsp3) is 0.375. The second-order valence-corrected chi connectivity index (χ2v) is 5.59. The van der Waals surface area contributed by atoms with Crippen molar-refractivity contribution in [1.82, 2.24) is 0 Å². The van der Waals surface area contributed by atoms with E-state index in [0.717, 1.165) is 23.3 Å². The Hall–Kier alpha value is -2.10. The average Bonchev–Trinajstić information content (AvgIpc) is 2.65. The molecule has 0 N–H and O–H groups in total. The predicted octanol–water partition coefficient (Wildman–Crippen LogP) is 1.88. The first kappa shape index (κ1) is 11.7. The van der Waals surface area contributed by atoms with Gasteiger partial charge in [-0.05, 0) is 30.0 Å². The number of rotatable bonds is 0. The monoisotopic (exact) mass is 270 g/mol. The lowest BCUT2D eigenvalue weighted by molar-refractivity contribution is -0.154. The van der Waals surface area contributed by atoms with Crippen LogP contribution in [-0.2, 0) is 20.7 Å². The molecule has 0 amide bonds. The number of hydrogen-bond donors (Lipinski definition) is 0. The molecule has 0 saturated carbocycles. The molecule has 2 heterocycles. The van der Waals surface area contributed by atoms with Crippen LogP contribution in [0.25, 0.3) is 0 Å². The molecule has 1 aliphatic carbocycles. The summed E-state index contributed by atoms with van der Waals surface area (Å²) in [6, 6.07) is 7.88. The molecule has 3 atom stereocenters. The molecule has 102 valence electrons. The SMILES string of the molecule is O=C1OC(=O)[C@H]2CC=C3COc4ccccc4C[C@H]3[C@@H]12. The van der Waals surface area contributed by atoms with Crippen molar-refractivity contribution in [3.05, 3.63) is 41.5 Å². The fourth-order valence-corrected chi connectivity index (χ4v) is 3.54. The molecule has 0 bridgehead atoms. The fourth-order valence-electron chi connectivity index (χ4n) is 3.54. The van der Waals surface area contributed by atoms with Gasteiger partial charge in [-0.1, -0.05) is 24.3 Å². The van der Waals surface area contributed by atoms with E-state index in [9.17, 15) is 9.59 Å². The van der Waals surface area contributed by atoms with Crippen LogP contribution in [0.15, 0.2) is 35.9 Å². The van der Waals surface area contributed by atoms with Gasteiger partial charge in [0.1, 0.15) is 12.4 Å². The van der Waals surface area contributed by atoms with Crippen LogP contribution in [-0.4, -0.2) is 18.5 Å². The Kier molecular flexibility index (Phi) is 2.46. The van der Waals surface area contributed by atoms with Crippen molar-refractivity contribution in [2.24, 2.45) is 17.8 Å². The molecule has 0 aromatic heterocycles. The van der Waals surface area contributed by atoms with Crippen LogP contribution >= 0.6 is 0 Å². The predicted molar refractivity (Wildman–Crippen MR) is 69.9 cm³/mol. The van der Waals surface area contributed by atoms with Crippen LogP contribution in [0.4, 0.5) is 0 Å². The number of benzene rings is 1. The van der Waals surface area contributed by atoms with Gasteiger partial charge in [0.05, 0.1) is 11.8 Å². The molecular formula is C16H14O4. The Morgan fingerprint density at radius 3 is 2.80 bits per heavy atom. The Morgan fingerprint density at radius 2 is 1.90 bits per heavy atom. The third kappa shape index (κ3) is 1.60.